The van der Waals surface area contributed by atoms with Crippen molar-refractivity contribution >= 4 is 11.6 Å². The van der Waals surface area contributed by atoms with E-state index in [1.54, 1.807) is 24.3 Å². The van der Waals surface area contributed by atoms with Gasteiger partial charge in [0.15, 0.2) is 0 Å². The first kappa shape index (κ1) is 13.9. The van der Waals surface area contributed by atoms with Crippen LogP contribution in [0.2, 0.25) is 0 Å². The van der Waals surface area contributed by atoms with Crippen molar-refractivity contribution in [3.63, 3.8) is 0 Å². The Morgan fingerprint density at radius 3 is 2.26 bits per heavy atom. The number of anilines is 1. The summed E-state index contributed by atoms with van der Waals surface area (Å²) in [5.74, 6) is 0.667. The van der Waals surface area contributed by atoms with E-state index in [2.05, 4.69) is 5.32 Å². The molecule has 1 saturated carbocycles. The van der Waals surface area contributed by atoms with Crippen molar-refractivity contribution in [3.8, 4) is 0 Å². The predicted octanol–water partition coefficient (Wildman–Crippen LogP) is 3.36. The quantitative estimate of drug-likeness (QED) is 0.819. The molecule has 0 spiro atoms. The third-order valence-corrected chi connectivity index (χ3v) is 3.95. The largest absolute Gasteiger partial charge is 0.399 e. The van der Waals surface area contributed by atoms with E-state index in [4.69, 9.17) is 5.73 Å². The van der Waals surface area contributed by atoms with Crippen LogP contribution in [0.1, 0.15) is 55.3 Å². The van der Waals surface area contributed by atoms with Crippen LogP contribution < -0.4 is 11.1 Å². The number of hydrogen-bond acceptors (Lipinski definition) is 2. The van der Waals surface area contributed by atoms with Gasteiger partial charge in [-0.05, 0) is 43.0 Å². The fourth-order valence-electron chi connectivity index (χ4n) is 2.72. The van der Waals surface area contributed by atoms with Gasteiger partial charge in [0.2, 0.25) is 0 Å². The Hall–Kier alpha value is -1.51. The van der Waals surface area contributed by atoms with Crippen molar-refractivity contribution < 1.29 is 4.79 Å². The molecule has 0 aromatic heterocycles. The van der Waals surface area contributed by atoms with Gasteiger partial charge >= 0.3 is 0 Å². The number of amides is 1. The third kappa shape index (κ3) is 4.58. The molecule has 0 bridgehead atoms. The average Bonchev–Trinajstić information content (AvgIpc) is 2.38. The molecule has 1 aliphatic rings. The van der Waals surface area contributed by atoms with Crippen LogP contribution in [0.5, 0.6) is 0 Å². The average molecular weight is 260 g/mol. The maximum Gasteiger partial charge on any atom is 0.251 e. The van der Waals surface area contributed by atoms with Crippen molar-refractivity contribution in [2.45, 2.75) is 44.9 Å². The summed E-state index contributed by atoms with van der Waals surface area (Å²) >= 11 is 0. The Kier molecular flexibility index (Phi) is 5.25. The van der Waals surface area contributed by atoms with Crippen molar-refractivity contribution in [2.75, 3.05) is 12.3 Å². The lowest BCUT2D eigenvalue weighted by atomic mass is 9.91. The second-order valence-corrected chi connectivity index (χ2v) is 5.54. The normalized spacial score (nSPS) is 17.5. The molecule has 0 aliphatic heterocycles. The maximum absolute atomic E-state index is 12.0. The highest BCUT2D eigenvalue weighted by Crippen LogP contribution is 2.21. The molecule has 1 aliphatic carbocycles. The van der Waals surface area contributed by atoms with Crippen LogP contribution in [-0.4, -0.2) is 12.5 Å². The summed E-state index contributed by atoms with van der Waals surface area (Å²) in [6, 6.07) is 7.10. The number of carbonyl (C=O) groups is 1. The van der Waals surface area contributed by atoms with Gasteiger partial charge in [0.25, 0.3) is 5.91 Å². The molecule has 19 heavy (non-hydrogen) atoms. The summed E-state index contributed by atoms with van der Waals surface area (Å²) in [7, 11) is 0. The lowest BCUT2D eigenvalue weighted by Crippen LogP contribution is -2.29. The van der Waals surface area contributed by atoms with Crippen LogP contribution in [-0.2, 0) is 0 Å². The zero-order valence-electron chi connectivity index (χ0n) is 11.5. The highest BCUT2D eigenvalue weighted by atomic mass is 16.1. The van der Waals surface area contributed by atoms with Gasteiger partial charge in [-0.3, -0.25) is 4.79 Å². The number of rotatable bonds is 3. The van der Waals surface area contributed by atoms with Crippen LogP contribution in [0.4, 0.5) is 5.69 Å². The fraction of sp³-hybridized carbons (Fsp3) is 0.562. The minimum absolute atomic E-state index is 0.0158. The van der Waals surface area contributed by atoms with Gasteiger partial charge in [-0.25, -0.2) is 0 Å². The smallest absolute Gasteiger partial charge is 0.251 e. The third-order valence-electron chi connectivity index (χ3n) is 3.95. The van der Waals surface area contributed by atoms with Gasteiger partial charge in [0.05, 0.1) is 0 Å². The fourth-order valence-corrected chi connectivity index (χ4v) is 2.72. The Labute approximate surface area is 115 Å². The van der Waals surface area contributed by atoms with Crippen molar-refractivity contribution in [1.29, 1.82) is 0 Å². The second kappa shape index (κ2) is 7.17. The van der Waals surface area contributed by atoms with E-state index in [9.17, 15) is 4.79 Å². The molecule has 2 rings (SSSR count). The van der Waals surface area contributed by atoms with Crippen LogP contribution in [0.15, 0.2) is 24.3 Å². The molecule has 0 heterocycles. The molecule has 1 aromatic rings. The van der Waals surface area contributed by atoms with Crippen LogP contribution >= 0.6 is 0 Å². The van der Waals surface area contributed by atoms with Crippen LogP contribution in [0.25, 0.3) is 0 Å². The summed E-state index contributed by atoms with van der Waals surface area (Å²) in [4.78, 5) is 12.0. The molecule has 0 radical (unpaired) electrons. The van der Waals surface area contributed by atoms with E-state index in [1.807, 2.05) is 0 Å². The highest BCUT2D eigenvalue weighted by Gasteiger charge is 2.13. The van der Waals surface area contributed by atoms with Gasteiger partial charge in [-0.2, -0.15) is 0 Å². The molecule has 0 unspecified atom stereocenters. The lowest BCUT2D eigenvalue weighted by Gasteiger charge is -2.20. The first-order valence-electron chi connectivity index (χ1n) is 7.39. The van der Waals surface area contributed by atoms with Crippen molar-refractivity contribution in [3.05, 3.63) is 29.8 Å². The standard InChI is InChI=1S/C16H24N2O/c17-15-10-8-14(9-11-15)16(19)18-12-13-6-4-2-1-3-5-7-13/h8-11,13H,1-7,12,17H2,(H,18,19). The van der Waals surface area contributed by atoms with E-state index in [0.717, 1.165) is 6.54 Å². The minimum atomic E-state index is 0.0158. The van der Waals surface area contributed by atoms with Gasteiger partial charge < -0.3 is 11.1 Å². The molecule has 0 atom stereocenters. The number of benzene rings is 1. The zero-order valence-corrected chi connectivity index (χ0v) is 11.5. The van der Waals surface area contributed by atoms with Crippen LogP contribution in [0.3, 0.4) is 0 Å². The van der Waals surface area contributed by atoms with Crippen molar-refractivity contribution in [2.24, 2.45) is 5.92 Å². The van der Waals surface area contributed by atoms with Crippen molar-refractivity contribution in [1.82, 2.24) is 5.32 Å². The molecule has 1 aromatic carbocycles. The van der Waals surface area contributed by atoms with E-state index in [-0.39, 0.29) is 5.91 Å². The summed E-state index contributed by atoms with van der Waals surface area (Å²) in [6.07, 6.45) is 9.20. The Bertz CT molecular complexity index is 392. The Balaban J connectivity index is 1.80. The lowest BCUT2D eigenvalue weighted by molar-refractivity contribution is 0.0944. The summed E-state index contributed by atoms with van der Waals surface area (Å²) in [5.41, 5.74) is 7.00. The molecular weight excluding hydrogens is 236 g/mol. The Morgan fingerprint density at radius 2 is 1.63 bits per heavy atom. The zero-order chi connectivity index (χ0) is 13.5. The number of hydrogen-bond donors (Lipinski definition) is 2. The van der Waals surface area contributed by atoms with E-state index in [1.165, 1.54) is 44.9 Å². The molecule has 3 heteroatoms. The first-order chi connectivity index (χ1) is 9.25. The van der Waals surface area contributed by atoms with Gasteiger partial charge in [-0.15, -0.1) is 0 Å². The monoisotopic (exact) mass is 260 g/mol. The molecular formula is C16H24N2O. The predicted molar refractivity (Wildman–Crippen MR) is 79.0 cm³/mol. The Morgan fingerprint density at radius 1 is 1.05 bits per heavy atom. The molecule has 1 fully saturated rings. The topological polar surface area (TPSA) is 55.1 Å². The highest BCUT2D eigenvalue weighted by molar-refractivity contribution is 5.94. The van der Waals surface area contributed by atoms with Gasteiger partial charge in [0.1, 0.15) is 0 Å². The summed E-state index contributed by atoms with van der Waals surface area (Å²) in [5, 5.41) is 3.06. The number of nitrogens with two attached hydrogens (primary N) is 1. The van der Waals surface area contributed by atoms with Gasteiger partial charge in [-0.1, -0.05) is 32.1 Å². The molecule has 1 amide bonds. The number of nitrogen functional groups attached to an aromatic ring is 1. The van der Waals surface area contributed by atoms with E-state index < -0.39 is 0 Å². The SMILES string of the molecule is Nc1ccc(C(=O)NCC2CCCCCCC2)cc1. The molecule has 3 N–H and O–H groups in total. The molecule has 0 saturated heterocycles. The van der Waals surface area contributed by atoms with Gasteiger partial charge in [0, 0.05) is 17.8 Å². The van der Waals surface area contributed by atoms with Crippen LogP contribution in [0, 0.1) is 5.92 Å². The minimum Gasteiger partial charge on any atom is -0.399 e. The van der Waals surface area contributed by atoms with E-state index >= 15 is 0 Å². The number of nitrogens with one attached hydrogen (secondary N) is 1. The second-order valence-electron chi connectivity index (χ2n) is 5.54. The molecule has 104 valence electrons. The number of carbonyl (C=O) groups excluding carboxylic acids is 1. The summed E-state index contributed by atoms with van der Waals surface area (Å²) < 4.78 is 0. The molecule has 3 nitrogen and oxygen atoms in total. The maximum atomic E-state index is 12.0. The first-order valence-corrected chi connectivity index (χ1v) is 7.39. The summed E-state index contributed by atoms with van der Waals surface area (Å²) in [6.45, 7) is 0.809. The van der Waals surface area contributed by atoms with E-state index in [0.29, 0.717) is 17.2 Å².